The van der Waals surface area contributed by atoms with Crippen LogP contribution in [0.15, 0.2) is 38.3 Å². The minimum Gasteiger partial charge on any atom is -0.451 e. The summed E-state index contributed by atoms with van der Waals surface area (Å²) in [5.41, 5.74) is 1.74. The lowest BCUT2D eigenvalue weighted by molar-refractivity contribution is -0.115. The van der Waals surface area contributed by atoms with Gasteiger partial charge < -0.3 is 14.2 Å². The highest BCUT2D eigenvalue weighted by Gasteiger charge is 2.24. The molecule has 0 spiro atoms. The van der Waals surface area contributed by atoms with E-state index in [2.05, 4.69) is 20.5 Å². The number of thioether (sulfide) groups is 1. The van der Waals surface area contributed by atoms with E-state index in [1.54, 1.807) is 25.1 Å². The maximum atomic E-state index is 12.8. The minimum absolute atomic E-state index is 0.123. The molecule has 0 aliphatic carbocycles. The Morgan fingerprint density at radius 1 is 1.17 bits per heavy atom. The average molecular weight is 443 g/mol. The summed E-state index contributed by atoms with van der Waals surface area (Å²) in [6, 6.07) is 7.17. The maximum absolute atomic E-state index is 12.8. The number of fused-ring (bicyclic) bond motifs is 1. The average Bonchev–Trinajstić information content (AvgIpc) is 3.39. The first-order valence-corrected chi connectivity index (χ1v) is 10.8. The standard InChI is InChI=1S/C20H18N4O4S2/c1-9-17(30-12(4)21-9)19-23-24-20(28-19)29-11(3)18(26)22-15-13-7-5-6-8-14(13)27-16(15)10(2)25/h5-8,11H,1-4H3,(H,22,26). The van der Waals surface area contributed by atoms with Crippen LogP contribution in [-0.2, 0) is 4.79 Å². The highest BCUT2D eigenvalue weighted by atomic mass is 32.2. The monoisotopic (exact) mass is 442 g/mol. The van der Waals surface area contributed by atoms with Crippen LogP contribution in [0.5, 0.6) is 0 Å². The lowest BCUT2D eigenvalue weighted by Gasteiger charge is -2.09. The van der Waals surface area contributed by atoms with E-state index in [4.69, 9.17) is 8.83 Å². The maximum Gasteiger partial charge on any atom is 0.277 e. The number of ketones is 1. The van der Waals surface area contributed by atoms with Gasteiger partial charge in [-0.1, -0.05) is 23.9 Å². The van der Waals surface area contributed by atoms with E-state index < -0.39 is 5.25 Å². The Hall–Kier alpha value is -2.98. The molecule has 4 aromatic rings. The topological polar surface area (TPSA) is 111 Å². The third-order valence-corrected chi connectivity index (χ3v) is 6.31. The summed E-state index contributed by atoms with van der Waals surface area (Å²) in [5.74, 6) is -0.0667. The molecule has 0 aliphatic heterocycles. The van der Waals surface area contributed by atoms with Crippen molar-refractivity contribution in [1.82, 2.24) is 15.2 Å². The number of hydrogen-bond acceptors (Lipinski definition) is 9. The normalized spacial score (nSPS) is 12.3. The number of anilines is 1. The number of carbonyl (C=O) groups is 2. The predicted molar refractivity (Wildman–Crippen MR) is 115 cm³/mol. The van der Waals surface area contributed by atoms with Gasteiger partial charge in [0.15, 0.2) is 11.5 Å². The highest BCUT2D eigenvalue weighted by molar-refractivity contribution is 8.00. The van der Waals surface area contributed by atoms with E-state index in [1.807, 2.05) is 19.9 Å². The Morgan fingerprint density at radius 2 is 1.93 bits per heavy atom. The molecule has 1 aromatic carbocycles. The predicted octanol–water partition coefficient (Wildman–Crippen LogP) is 4.88. The van der Waals surface area contributed by atoms with E-state index in [0.29, 0.717) is 22.5 Å². The van der Waals surface area contributed by atoms with Crippen molar-refractivity contribution in [3.05, 3.63) is 40.7 Å². The molecule has 8 nitrogen and oxygen atoms in total. The van der Waals surface area contributed by atoms with Crippen LogP contribution in [-0.4, -0.2) is 32.1 Å². The fourth-order valence-electron chi connectivity index (χ4n) is 2.93. The largest absolute Gasteiger partial charge is 0.451 e. The first-order valence-electron chi connectivity index (χ1n) is 9.11. The molecule has 1 N–H and O–H groups in total. The number of hydrogen-bond donors (Lipinski definition) is 1. The number of aryl methyl sites for hydroxylation is 2. The number of Topliss-reactive ketones (excluding diaryl/α,β-unsaturated/α-hetero) is 1. The number of aromatic nitrogens is 3. The highest BCUT2D eigenvalue weighted by Crippen LogP contribution is 2.34. The Bertz CT molecular complexity index is 1260. The summed E-state index contributed by atoms with van der Waals surface area (Å²) >= 11 is 2.61. The Labute approximate surface area is 180 Å². The van der Waals surface area contributed by atoms with Crippen molar-refractivity contribution in [1.29, 1.82) is 0 Å². The van der Waals surface area contributed by atoms with Crippen molar-refractivity contribution in [3.8, 4) is 10.8 Å². The molecule has 0 saturated carbocycles. The molecule has 10 heteroatoms. The third-order valence-electron chi connectivity index (χ3n) is 4.31. The van der Waals surface area contributed by atoms with Gasteiger partial charge in [0.25, 0.3) is 11.1 Å². The van der Waals surface area contributed by atoms with E-state index in [1.165, 1.54) is 18.3 Å². The van der Waals surface area contributed by atoms with Crippen molar-refractivity contribution in [2.24, 2.45) is 0 Å². The van der Waals surface area contributed by atoms with Crippen molar-refractivity contribution in [3.63, 3.8) is 0 Å². The number of para-hydroxylation sites is 1. The molecule has 0 bridgehead atoms. The number of furan rings is 1. The zero-order chi connectivity index (χ0) is 21.4. The van der Waals surface area contributed by atoms with Gasteiger partial charge in [-0.25, -0.2) is 4.98 Å². The van der Waals surface area contributed by atoms with E-state index in [-0.39, 0.29) is 22.7 Å². The zero-order valence-electron chi connectivity index (χ0n) is 16.7. The SMILES string of the molecule is CC(=O)c1oc2ccccc2c1NC(=O)C(C)Sc1nnc(-c2sc(C)nc2C)o1. The number of benzene rings is 1. The lowest BCUT2D eigenvalue weighted by Crippen LogP contribution is -2.23. The van der Waals surface area contributed by atoms with Gasteiger partial charge in [-0.3, -0.25) is 9.59 Å². The number of thiazole rings is 1. The van der Waals surface area contributed by atoms with Gasteiger partial charge in [0, 0.05) is 12.3 Å². The molecule has 0 aliphatic rings. The number of rotatable bonds is 6. The molecule has 0 fully saturated rings. The van der Waals surface area contributed by atoms with Crippen molar-refractivity contribution >= 4 is 51.4 Å². The molecular formula is C20H18N4O4S2. The molecule has 1 amide bonds. The summed E-state index contributed by atoms with van der Waals surface area (Å²) < 4.78 is 11.3. The van der Waals surface area contributed by atoms with Crippen LogP contribution in [0, 0.1) is 13.8 Å². The Kier molecular flexibility index (Phi) is 5.44. The number of nitrogens with one attached hydrogen (secondary N) is 1. The molecule has 4 rings (SSSR count). The number of amides is 1. The third kappa shape index (κ3) is 3.88. The van der Waals surface area contributed by atoms with E-state index >= 15 is 0 Å². The van der Waals surface area contributed by atoms with Crippen LogP contribution < -0.4 is 5.32 Å². The molecule has 0 radical (unpaired) electrons. The summed E-state index contributed by atoms with van der Waals surface area (Å²) in [5, 5.41) is 12.2. The summed E-state index contributed by atoms with van der Waals surface area (Å²) in [7, 11) is 0. The van der Waals surface area contributed by atoms with Gasteiger partial charge in [0.2, 0.25) is 5.91 Å². The number of carbonyl (C=O) groups excluding carboxylic acids is 2. The second-order valence-corrected chi connectivity index (χ2v) is 9.12. The first-order chi connectivity index (χ1) is 14.3. The molecule has 3 aromatic heterocycles. The second kappa shape index (κ2) is 8.04. The molecule has 1 unspecified atom stereocenters. The Balaban J connectivity index is 1.52. The van der Waals surface area contributed by atoms with Crippen LogP contribution in [0.4, 0.5) is 5.69 Å². The Morgan fingerprint density at radius 3 is 2.63 bits per heavy atom. The van der Waals surface area contributed by atoms with Gasteiger partial charge >= 0.3 is 0 Å². The fraction of sp³-hybridized carbons (Fsp3) is 0.250. The van der Waals surface area contributed by atoms with Crippen LogP contribution in [0.25, 0.3) is 21.7 Å². The smallest absolute Gasteiger partial charge is 0.277 e. The quantitative estimate of drug-likeness (QED) is 0.332. The molecule has 0 saturated heterocycles. The summed E-state index contributed by atoms with van der Waals surface area (Å²) in [6.07, 6.45) is 0. The summed E-state index contributed by atoms with van der Waals surface area (Å²) in [4.78, 5) is 29.9. The molecule has 154 valence electrons. The van der Waals surface area contributed by atoms with E-state index in [0.717, 1.165) is 27.3 Å². The molecule has 30 heavy (non-hydrogen) atoms. The van der Waals surface area contributed by atoms with Gasteiger partial charge in [0.05, 0.1) is 21.6 Å². The minimum atomic E-state index is -0.545. The van der Waals surface area contributed by atoms with Crippen molar-refractivity contribution < 1.29 is 18.4 Å². The van der Waals surface area contributed by atoms with Crippen LogP contribution in [0.2, 0.25) is 0 Å². The number of nitrogens with zero attached hydrogens (tertiary/aromatic N) is 3. The van der Waals surface area contributed by atoms with Crippen LogP contribution >= 0.6 is 23.1 Å². The van der Waals surface area contributed by atoms with Crippen LogP contribution in [0.3, 0.4) is 0 Å². The van der Waals surface area contributed by atoms with Gasteiger partial charge in [0.1, 0.15) is 10.5 Å². The fourth-order valence-corrected chi connectivity index (χ4v) is 4.45. The van der Waals surface area contributed by atoms with Gasteiger partial charge in [-0.2, -0.15) is 0 Å². The summed E-state index contributed by atoms with van der Waals surface area (Å²) in [6.45, 7) is 6.92. The van der Waals surface area contributed by atoms with Crippen molar-refractivity contribution in [2.45, 2.75) is 38.2 Å². The van der Waals surface area contributed by atoms with E-state index in [9.17, 15) is 9.59 Å². The van der Waals surface area contributed by atoms with Gasteiger partial charge in [-0.05, 0) is 32.9 Å². The molecular weight excluding hydrogens is 424 g/mol. The zero-order valence-corrected chi connectivity index (χ0v) is 18.3. The first kappa shape index (κ1) is 20.3. The lowest BCUT2D eigenvalue weighted by atomic mass is 10.2. The van der Waals surface area contributed by atoms with Crippen LogP contribution in [0.1, 0.15) is 35.1 Å². The van der Waals surface area contributed by atoms with Gasteiger partial charge in [-0.15, -0.1) is 21.5 Å². The van der Waals surface area contributed by atoms with Crippen molar-refractivity contribution in [2.75, 3.05) is 5.32 Å². The molecule has 1 atom stereocenters. The molecule has 3 heterocycles. The second-order valence-electron chi connectivity index (χ2n) is 6.63.